The predicted molar refractivity (Wildman–Crippen MR) is 78.1 cm³/mol. The van der Waals surface area contributed by atoms with Crippen LogP contribution in [-0.2, 0) is 0 Å². The molecule has 2 N–H and O–H groups in total. The molecule has 0 aliphatic rings. The standard InChI is InChI=1S/C16H18ClN/c1-10-5-4-6-13(7-10)16(18)14-8-11(2)12(3)9-15(14)17/h4-9,16H,18H2,1-3H3. The van der Waals surface area contributed by atoms with Crippen LogP contribution in [-0.4, -0.2) is 0 Å². The quantitative estimate of drug-likeness (QED) is 0.854. The zero-order chi connectivity index (χ0) is 13.3. The van der Waals surface area contributed by atoms with Crippen molar-refractivity contribution in [3.8, 4) is 0 Å². The van der Waals surface area contributed by atoms with Crippen molar-refractivity contribution >= 4 is 11.6 Å². The zero-order valence-electron chi connectivity index (χ0n) is 11.0. The van der Waals surface area contributed by atoms with E-state index >= 15 is 0 Å². The summed E-state index contributed by atoms with van der Waals surface area (Å²) in [7, 11) is 0. The first-order valence-corrected chi connectivity index (χ1v) is 6.45. The SMILES string of the molecule is Cc1cccc(C(N)c2cc(C)c(C)cc2Cl)c1. The van der Waals surface area contributed by atoms with Crippen LogP contribution in [0.2, 0.25) is 5.02 Å². The van der Waals surface area contributed by atoms with Gasteiger partial charge in [0, 0.05) is 5.02 Å². The molecule has 0 radical (unpaired) electrons. The average molecular weight is 260 g/mol. The van der Waals surface area contributed by atoms with Gasteiger partial charge in [-0.05, 0) is 49.1 Å². The van der Waals surface area contributed by atoms with Crippen molar-refractivity contribution in [3.63, 3.8) is 0 Å². The first kappa shape index (κ1) is 13.1. The van der Waals surface area contributed by atoms with Crippen molar-refractivity contribution < 1.29 is 0 Å². The van der Waals surface area contributed by atoms with Gasteiger partial charge in [0.05, 0.1) is 6.04 Å². The number of aryl methyl sites for hydroxylation is 3. The van der Waals surface area contributed by atoms with Gasteiger partial charge >= 0.3 is 0 Å². The minimum absolute atomic E-state index is 0.170. The maximum Gasteiger partial charge on any atom is 0.0566 e. The predicted octanol–water partition coefficient (Wildman–Crippen LogP) is 4.31. The topological polar surface area (TPSA) is 26.0 Å². The van der Waals surface area contributed by atoms with Gasteiger partial charge in [0.15, 0.2) is 0 Å². The van der Waals surface area contributed by atoms with Crippen molar-refractivity contribution in [2.75, 3.05) is 0 Å². The van der Waals surface area contributed by atoms with E-state index in [1.54, 1.807) is 0 Å². The first-order chi connectivity index (χ1) is 8.49. The Balaban J connectivity index is 2.46. The van der Waals surface area contributed by atoms with Gasteiger partial charge in [0.1, 0.15) is 0 Å². The summed E-state index contributed by atoms with van der Waals surface area (Å²) in [6, 6.07) is 12.2. The van der Waals surface area contributed by atoms with E-state index in [9.17, 15) is 0 Å². The average Bonchev–Trinajstić information content (AvgIpc) is 2.33. The summed E-state index contributed by atoms with van der Waals surface area (Å²) in [5.74, 6) is 0. The van der Waals surface area contributed by atoms with Gasteiger partial charge < -0.3 is 5.73 Å². The Morgan fingerprint density at radius 2 is 1.67 bits per heavy atom. The molecule has 0 saturated heterocycles. The molecule has 0 aliphatic carbocycles. The summed E-state index contributed by atoms with van der Waals surface area (Å²) in [6.45, 7) is 6.21. The maximum absolute atomic E-state index is 6.32. The molecule has 1 atom stereocenters. The minimum atomic E-state index is -0.170. The van der Waals surface area contributed by atoms with E-state index in [-0.39, 0.29) is 6.04 Å². The van der Waals surface area contributed by atoms with Gasteiger partial charge in [0.25, 0.3) is 0 Å². The summed E-state index contributed by atoms with van der Waals surface area (Å²) >= 11 is 6.31. The van der Waals surface area contributed by atoms with E-state index in [0.29, 0.717) is 0 Å². The van der Waals surface area contributed by atoms with E-state index in [2.05, 4.69) is 39.0 Å². The second-order valence-electron chi connectivity index (χ2n) is 4.85. The van der Waals surface area contributed by atoms with Crippen LogP contribution in [0.25, 0.3) is 0 Å². The second-order valence-corrected chi connectivity index (χ2v) is 5.26. The second kappa shape index (κ2) is 5.13. The molecule has 94 valence electrons. The van der Waals surface area contributed by atoms with Crippen LogP contribution in [0.4, 0.5) is 0 Å². The highest BCUT2D eigenvalue weighted by Crippen LogP contribution is 2.29. The molecule has 0 amide bonds. The molecule has 2 heteroatoms. The fourth-order valence-electron chi connectivity index (χ4n) is 2.08. The third kappa shape index (κ3) is 2.58. The van der Waals surface area contributed by atoms with Crippen molar-refractivity contribution in [2.45, 2.75) is 26.8 Å². The molecule has 18 heavy (non-hydrogen) atoms. The van der Waals surface area contributed by atoms with E-state index in [1.165, 1.54) is 16.7 Å². The fourth-order valence-corrected chi connectivity index (χ4v) is 2.42. The summed E-state index contributed by atoms with van der Waals surface area (Å²) in [5, 5.41) is 0.743. The molecule has 0 heterocycles. The number of nitrogens with two attached hydrogens (primary N) is 1. The number of rotatable bonds is 2. The van der Waals surface area contributed by atoms with Gasteiger partial charge in [-0.2, -0.15) is 0 Å². The monoisotopic (exact) mass is 259 g/mol. The molecule has 0 spiro atoms. The maximum atomic E-state index is 6.32. The van der Waals surface area contributed by atoms with E-state index in [1.807, 2.05) is 18.2 Å². The molecule has 0 saturated carbocycles. The highest BCUT2D eigenvalue weighted by Gasteiger charge is 2.13. The van der Waals surface area contributed by atoms with Crippen LogP contribution in [0.5, 0.6) is 0 Å². The molecule has 0 aromatic heterocycles. The Morgan fingerprint density at radius 1 is 1.00 bits per heavy atom. The minimum Gasteiger partial charge on any atom is -0.320 e. The molecule has 2 aromatic rings. The van der Waals surface area contributed by atoms with Gasteiger partial charge in [-0.3, -0.25) is 0 Å². The largest absolute Gasteiger partial charge is 0.320 e. The molecule has 0 aliphatic heterocycles. The molecule has 2 aromatic carbocycles. The third-order valence-corrected chi connectivity index (χ3v) is 3.68. The van der Waals surface area contributed by atoms with Crippen LogP contribution < -0.4 is 5.73 Å². The van der Waals surface area contributed by atoms with E-state index < -0.39 is 0 Å². The van der Waals surface area contributed by atoms with Crippen LogP contribution in [0.3, 0.4) is 0 Å². The van der Waals surface area contributed by atoms with E-state index in [4.69, 9.17) is 17.3 Å². The molecule has 1 unspecified atom stereocenters. The Hall–Kier alpha value is -1.31. The zero-order valence-corrected chi connectivity index (χ0v) is 11.8. The highest BCUT2D eigenvalue weighted by atomic mass is 35.5. The molecule has 1 nitrogen and oxygen atoms in total. The molecule has 0 bridgehead atoms. The summed E-state index contributed by atoms with van der Waals surface area (Å²) in [4.78, 5) is 0. The Kier molecular flexibility index (Phi) is 3.74. The number of halogens is 1. The smallest absolute Gasteiger partial charge is 0.0566 e. The van der Waals surface area contributed by atoms with Crippen LogP contribution in [0.1, 0.15) is 33.9 Å². The van der Waals surface area contributed by atoms with Crippen molar-refractivity contribution in [1.82, 2.24) is 0 Å². The number of benzene rings is 2. The first-order valence-electron chi connectivity index (χ1n) is 6.08. The Labute approximate surface area is 114 Å². The van der Waals surface area contributed by atoms with Gasteiger partial charge in [0.2, 0.25) is 0 Å². The third-order valence-electron chi connectivity index (χ3n) is 3.35. The molecular weight excluding hydrogens is 242 g/mol. The van der Waals surface area contributed by atoms with Crippen molar-refractivity contribution in [2.24, 2.45) is 5.73 Å². The van der Waals surface area contributed by atoms with Crippen molar-refractivity contribution in [3.05, 3.63) is 69.2 Å². The van der Waals surface area contributed by atoms with Crippen LogP contribution >= 0.6 is 11.6 Å². The van der Waals surface area contributed by atoms with Gasteiger partial charge in [-0.25, -0.2) is 0 Å². The lowest BCUT2D eigenvalue weighted by Crippen LogP contribution is -2.13. The van der Waals surface area contributed by atoms with Crippen LogP contribution in [0, 0.1) is 20.8 Å². The summed E-state index contributed by atoms with van der Waals surface area (Å²) in [5.41, 5.74) is 12.0. The van der Waals surface area contributed by atoms with Crippen molar-refractivity contribution in [1.29, 1.82) is 0 Å². The number of hydrogen-bond acceptors (Lipinski definition) is 1. The van der Waals surface area contributed by atoms with Gasteiger partial charge in [-0.15, -0.1) is 0 Å². The molecular formula is C16H18ClN. The Bertz CT molecular complexity index is 575. The lowest BCUT2D eigenvalue weighted by Gasteiger charge is -2.16. The summed E-state index contributed by atoms with van der Waals surface area (Å²) in [6.07, 6.45) is 0. The molecule has 0 fully saturated rings. The van der Waals surface area contributed by atoms with Gasteiger partial charge in [-0.1, -0.05) is 47.5 Å². The molecule has 2 rings (SSSR count). The lowest BCUT2D eigenvalue weighted by atomic mass is 9.95. The normalized spacial score (nSPS) is 12.5. The van der Waals surface area contributed by atoms with E-state index in [0.717, 1.165) is 16.1 Å². The summed E-state index contributed by atoms with van der Waals surface area (Å²) < 4.78 is 0. The van der Waals surface area contributed by atoms with Crippen LogP contribution in [0.15, 0.2) is 36.4 Å². The lowest BCUT2D eigenvalue weighted by molar-refractivity contribution is 0.867. The fraction of sp³-hybridized carbons (Fsp3) is 0.250. The Morgan fingerprint density at radius 3 is 2.33 bits per heavy atom. The number of hydrogen-bond donors (Lipinski definition) is 1. The highest BCUT2D eigenvalue weighted by molar-refractivity contribution is 6.31.